The van der Waals surface area contributed by atoms with Gasteiger partial charge in [0.15, 0.2) is 0 Å². The van der Waals surface area contributed by atoms with E-state index in [1.807, 2.05) is 57.3 Å². The summed E-state index contributed by atoms with van der Waals surface area (Å²) in [5.41, 5.74) is 8.28. The summed E-state index contributed by atoms with van der Waals surface area (Å²) in [4.78, 5) is 0. The SMILES string of the molecule is CNc1ccc2c(c1)OC(C)(C)C(O)C2.NCCc1ccccc1. The zero-order valence-electron chi connectivity index (χ0n) is 14.8. The molecule has 4 heteroatoms. The Morgan fingerprint density at radius 3 is 2.54 bits per heavy atom. The van der Waals surface area contributed by atoms with Crippen molar-refractivity contribution in [3.63, 3.8) is 0 Å². The molecule has 0 amide bonds. The van der Waals surface area contributed by atoms with Crippen molar-refractivity contribution in [1.82, 2.24) is 0 Å². The number of rotatable bonds is 3. The smallest absolute Gasteiger partial charge is 0.129 e. The molecule has 2 aromatic rings. The minimum atomic E-state index is -0.501. The normalized spacial score (nSPS) is 17.8. The van der Waals surface area contributed by atoms with Crippen molar-refractivity contribution in [2.24, 2.45) is 5.73 Å². The molecule has 0 saturated carbocycles. The second-order valence-corrected chi connectivity index (χ2v) is 6.52. The van der Waals surface area contributed by atoms with Crippen LogP contribution in [-0.4, -0.2) is 30.4 Å². The molecule has 0 fully saturated rings. The van der Waals surface area contributed by atoms with Crippen molar-refractivity contribution in [3.8, 4) is 5.75 Å². The molecular formula is C20H28N2O2. The van der Waals surface area contributed by atoms with Crippen LogP contribution in [0, 0.1) is 0 Å². The lowest BCUT2D eigenvalue weighted by Gasteiger charge is -2.37. The first kappa shape index (κ1) is 18.3. The Hall–Kier alpha value is -2.04. The van der Waals surface area contributed by atoms with E-state index in [2.05, 4.69) is 17.4 Å². The highest BCUT2D eigenvalue weighted by Crippen LogP contribution is 2.34. The zero-order valence-corrected chi connectivity index (χ0v) is 14.8. The number of nitrogens with one attached hydrogen (secondary N) is 1. The van der Waals surface area contributed by atoms with E-state index in [-0.39, 0.29) is 0 Å². The van der Waals surface area contributed by atoms with Crippen molar-refractivity contribution >= 4 is 5.69 Å². The fourth-order valence-electron chi connectivity index (χ4n) is 2.59. The minimum Gasteiger partial charge on any atom is -0.485 e. The molecule has 0 spiro atoms. The summed E-state index contributed by atoms with van der Waals surface area (Å²) < 4.78 is 5.78. The number of ether oxygens (including phenoxy) is 1. The summed E-state index contributed by atoms with van der Waals surface area (Å²) >= 11 is 0. The van der Waals surface area contributed by atoms with Gasteiger partial charge >= 0.3 is 0 Å². The van der Waals surface area contributed by atoms with Gasteiger partial charge in [0.1, 0.15) is 11.4 Å². The predicted molar refractivity (Wildman–Crippen MR) is 99.6 cm³/mol. The summed E-state index contributed by atoms with van der Waals surface area (Å²) in [6, 6.07) is 16.2. The Kier molecular flexibility index (Phi) is 6.23. The number of nitrogens with two attached hydrogens (primary N) is 1. The van der Waals surface area contributed by atoms with Crippen LogP contribution in [0.15, 0.2) is 48.5 Å². The number of benzene rings is 2. The maximum absolute atomic E-state index is 9.87. The first-order chi connectivity index (χ1) is 11.5. The van der Waals surface area contributed by atoms with E-state index in [0.29, 0.717) is 6.42 Å². The maximum Gasteiger partial charge on any atom is 0.129 e. The molecule has 1 atom stereocenters. The summed E-state index contributed by atoms with van der Waals surface area (Å²) in [6.45, 7) is 4.56. The van der Waals surface area contributed by atoms with Crippen molar-refractivity contribution in [2.45, 2.75) is 38.4 Å². The Morgan fingerprint density at radius 2 is 1.92 bits per heavy atom. The van der Waals surface area contributed by atoms with Gasteiger partial charge < -0.3 is 20.9 Å². The quantitative estimate of drug-likeness (QED) is 0.810. The largest absolute Gasteiger partial charge is 0.485 e. The Morgan fingerprint density at radius 1 is 1.21 bits per heavy atom. The molecule has 4 N–H and O–H groups in total. The Balaban J connectivity index is 0.000000198. The van der Waals surface area contributed by atoms with Crippen LogP contribution in [0.25, 0.3) is 0 Å². The number of hydrogen-bond donors (Lipinski definition) is 3. The lowest BCUT2D eigenvalue weighted by Crippen LogP contribution is -2.46. The first-order valence-corrected chi connectivity index (χ1v) is 8.38. The third-order valence-electron chi connectivity index (χ3n) is 4.22. The van der Waals surface area contributed by atoms with Crippen LogP contribution in [0.1, 0.15) is 25.0 Å². The van der Waals surface area contributed by atoms with E-state index in [1.54, 1.807) is 0 Å². The van der Waals surface area contributed by atoms with Crippen LogP contribution >= 0.6 is 0 Å². The lowest BCUT2D eigenvalue weighted by molar-refractivity contribution is -0.0410. The van der Waals surface area contributed by atoms with Gasteiger partial charge in [0.05, 0.1) is 6.10 Å². The second kappa shape index (κ2) is 8.18. The average Bonchev–Trinajstić information content (AvgIpc) is 2.57. The topological polar surface area (TPSA) is 67.5 Å². The van der Waals surface area contributed by atoms with Gasteiger partial charge in [0.2, 0.25) is 0 Å². The van der Waals surface area contributed by atoms with Crippen molar-refractivity contribution < 1.29 is 9.84 Å². The van der Waals surface area contributed by atoms with E-state index in [9.17, 15) is 5.11 Å². The van der Waals surface area contributed by atoms with Crippen LogP contribution in [-0.2, 0) is 12.8 Å². The van der Waals surface area contributed by atoms with E-state index < -0.39 is 11.7 Å². The van der Waals surface area contributed by atoms with E-state index in [1.165, 1.54) is 5.56 Å². The van der Waals surface area contributed by atoms with Crippen LogP contribution < -0.4 is 15.8 Å². The number of aliphatic hydroxyl groups is 1. The van der Waals surface area contributed by atoms with Gasteiger partial charge in [-0.25, -0.2) is 0 Å². The minimum absolute atomic E-state index is 0.439. The van der Waals surface area contributed by atoms with Gasteiger partial charge in [0, 0.05) is 25.2 Å². The second-order valence-electron chi connectivity index (χ2n) is 6.52. The van der Waals surface area contributed by atoms with Gasteiger partial charge in [-0.05, 0) is 44.0 Å². The van der Waals surface area contributed by atoms with Crippen molar-refractivity contribution in [1.29, 1.82) is 0 Å². The van der Waals surface area contributed by atoms with Gasteiger partial charge in [-0.15, -0.1) is 0 Å². The molecule has 130 valence electrons. The molecule has 24 heavy (non-hydrogen) atoms. The third-order valence-corrected chi connectivity index (χ3v) is 4.22. The highest BCUT2D eigenvalue weighted by molar-refractivity contribution is 5.52. The lowest BCUT2D eigenvalue weighted by atomic mass is 9.91. The van der Waals surface area contributed by atoms with Gasteiger partial charge in [-0.3, -0.25) is 0 Å². The van der Waals surface area contributed by atoms with E-state index in [0.717, 1.165) is 30.0 Å². The predicted octanol–water partition coefficient (Wildman–Crippen LogP) is 2.99. The fourth-order valence-corrected chi connectivity index (χ4v) is 2.59. The first-order valence-electron chi connectivity index (χ1n) is 8.38. The molecule has 1 aliphatic heterocycles. The summed E-state index contributed by atoms with van der Waals surface area (Å²) in [5, 5.41) is 12.9. The number of hydrogen-bond acceptors (Lipinski definition) is 4. The van der Waals surface area contributed by atoms with E-state index in [4.69, 9.17) is 10.5 Å². The highest BCUT2D eigenvalue weighted by atomic mass is 16.5. The van der Waals surface area contributed by atoms with Gasteiger partial charge in [-0.2, -0.15) is 0 Å². The fraction of sp³-hybridized carbons (Fsp3) is 0.400. The molecule has 2 aromatic carbocycles. The zero-order chi connectivity index (χ0) is 17.6. The Labute approximate surface area is 144 Å². The molecule has 0 aromatic heterocycles. The highest BCUT2D eigenvalue weighted by Gasteiger charge is 2.35. The van der Waals surface area contributed by atoms with Crippen LogP contribution in [0.5, 0.6) is 5.75 Å². The number of fused-ring (bicyclic) bond motifs is 1. The standard InChI is InChI=1S/C12H17NO2.C8H11N/c1-12(2)11(14)6-8-4-5-9(13-3)7-10(8)15-12;9-7-6-8-4-2-1-3-5-8/h4-5,7,11,13-14H,6H2,1-3H3;1-5H,6-7,9H2. The maximum atomic E-state index is 9.87. The van der Waals surface area contributed by atoms with Crippen molar-refractivity contribution in [3.05, 3.63) is 59.7 Å². The van der Waals surface area contributed by atoms with Crippen LogP contribution in [0.2, 0.25) is 0 Å². The summed E-state index contributed by atoms with van der Waals surface area (Å²) in [7, 11) is 1.88. The third kappa shape index (κ3) is 4.73. The molecule has 0 aliphatic carbocycles. The molecule has 4 nitrogen and oxygen atoms in total. The summed E-state index contributed by atoms with van der Waals surface area (Å²) in [6.07, 6.45) is 1.21. The molecule has 0 radical (unpaired) electrons. The van der Waals surface area contributed by atoms with Crippen LogP contribution in [0.4, 0.5) is 5.69 Å². The molecule has 1 unspecified atom stereocenters. The van der Waals surface area contributed by atoms with Crippen molar-refractivity contribution in [2.75, 3.05) is 18.9 Å². The molecule has 0 saturated heterocycles. The van der Waals surface area contributed by atoms with Crippen LogP contribution in [0.3, 0.4) is 0 Å². The average molecular weight is 328 g/mol. The number of aliphatic hydroxyl groups excluding tert-OH is 1. The number of anilines is 1. The molecule has 3 rings (SSSR count). The van der Waals surface area contributed by atoms with E-state index >= 15 is 0 Å². The monoisotopic (exact) mass is 328 g/mol. The molecule has 1 aliphatic rings. The summed E-state index contributed by atoms with van der Waals surface area (Å²) in [5.74, 6) is 0.872. The molecule has 0 bridgehead atoms. The Bertz CT molecular complexity index is 641. The molecule has 1 heterocycles. The van der Waals surface area contributed by atoms with Gasteiger partial charge in [0.25, 0.3) is 0 Å². The molecular weight excluding hydrogens is 300 g/mol. The van der Waals surface area contributed by atoms with Gasteiger partial charge in [-0.1, -0.05) is 36.4 Å².